The monoisotopic (exact) mass is 315 g/mol. The van der Waals surface area contributed by atoms with Crippen LogP contribution in [-0.4, -0.2) is 28.5 Å². The molecule has 0 bridgehead atoms. The fourth-order valence-electron chi connectivity index (χ4n) is 1.91. The van der Waals surface area contributed by atoms with Crippen LogP contribution >= 0.6 is 23.2 Å². The van der Waals surface area contributed by atoms with Crippen LogP contribution in [0.3, 0.4) is 0 Å². The molecule has 0 radical (unpaired) electrons. The highest BCUT2D eigenvalue weighted by Gasteiger charge is 2.21. The lowest BCUT2D eigenvalue weighted by Crippen LogP contribution is -2.31. The Balaban J connectivity index is 2.35. The smallest absolute Gasteiger partial charge is 0.129 e. The third kappa shape index (κ3) is 3.28. The molecular formula is C12H15Cl2N5O. The van der Waals surface area contributed by atoms with Crippen LogP contribution in [0.4, 0.5) is 0 Å². The van der Waals surface area contributed by atoms with Gasteiger partial charge in [-0.1, -0.05) is 29.3 Å². The summed E-state index contributed by atoms with van der Waals surface area (Å²) in [4.78, 5) is 4.05. The van der Waals surface area contributed by atoms with Crippen molar-refractivity contribution in [2.45, 2.75) is 12.6 Å². The Hall–Kier alpha value is -1.18. The van der Waals surface area contributed by atoms with Gasteiger partial charge in [-0.2, -0.15) is 5.10 Å². The van der Waals surface area contributed by atoms with Crippen LogP contribution in [0.2, 0.25) is 10.2 Å². The van der Waals surface area contributed by atoms with Crippen molar-refractivity contribution in [1.29, 1.82) is 0 Å². The van der Waals surface area contributed by atoms with E-state index >= 15 is 0 Å². The van der Waals surface area contributed by atoms with Gasteiger partial charge in [-0.15, -0.1) is 0 Å². The maximum absolute atomic E-state index is 6.21. The second-order valence-electron chi connectivity index (χ2n) is 4.11. The molecular weight excluding hydrogens is 301 g/mol. The highest BCUT2D eigenvalue weighted by Crippen LogP contribution is 2.27. The lowest BCUT2D eigenvalue weighted by Gasteiger charge is -2.18. The number of ether oxygens (including phenoxy) is 1. The van der Waals surface area contributed by atoms with Gasteiger partial charge in [-0.05, 0) is 11.6 Å². The lowest BCUT2D eigenvalue weighted by molar-refractivity contribution is 0.182. The molecule has 6 nitrogen and oxygen atoms in total. The molecule has 2 aromatic rings. The molecule has 108 valence electrons. The second-order valence-corrected chi connectivity index (χ2v) is 4.90. The topological polar surface area (TPSA) is 78.0 Å². The Kier molecular flexibility index (Phi) is 5.33. The Bertz CT molecular complexity index is 557. The number of rotatable bonds is 6. The molecule has 0 saturated heterocycles. The third-order valence-electron chi connectivity index (χ3n) is 2.86. The number of nitrogens with two attached hydrogens (primary N) is 1. The number of methoxy groups -OCH3 is 1. The minimum absolute atomic E-state index is 0.327. The molecule has 20 heavy (non-hydrogen) atoms. The quantitative estimate of drug-likeness (QED) is 0.482. The Labute approximate surface area is 126 Å². The van der Waals surface area contributed by atoms with E-state index in [9.17, 15) is 0 Å². The molecule has 0 spiro atoms. The molecule has 8 heteroatoms. The summed E-state index contributed by atoms with van der Waals surface area (Å²) in [7, 11) is 1.63. The van der Waals surface area contributed by atoms with Crippen LogP contribution < -0.4 is 11.3 Å². The molecule has 3 N–H and O–H groups in total. The summed E-state index contributed by atoms with van der Waals surface area (Å²) in [6.07, 6.45) is 3.23. The summed E-state index contributed by atoms with van der Waals surface area (Å²) >= 11 is 12.0. The van der Waals surface area contributed by atoms with Crippen LogP contribution in [0, 0.1) is 0 Å². The van der Waals surface area contributed by atoms with E-state index in [0.717, 1.165) is 11.3 Å². The van der Waals surface area contributed by atoms with Crippen LogP contribution in [0.25, 0.3) is 0 Å². The van der Waals surface area contributed by atoms with Crippen molar-refractivity contribution in [2.75, 3.05) is 13.7 Å². The predicted octanol–water partition coefficient (Wildman–Crippen LogP) is 1.78. The molecule has 1 unspecified atom stereocenters. The van der Waals surface area contributed by atoms with Gasteiger partial charge in [0.15, 0.2) is 0 Å². The van der Waals surface area contributed by atoms with Crippen molar-refractivity contribution in [1.82, 2.24) is 20.2 Å². The number of pyridine rings is 1. The van der Waals surface area contributed by atoms with Gasteiger partial charge < -0.3 is 4.74 Å². The van der Waals surface area contributed by atoms with E-state index in [1.54, 1.807) is 30.3 Å². The number of hydrogen-bond acceptors (Lipinski definition) is 5. The molecule has 0 aliphatic rings. The molecule has 0 aliphatic heterocycles. The van der Waals surface area contributed by atoms with Crippen molar-refractivity contribution in [3.05, 3.63) is 46.0 Å². The molecule has 2 rings (SSSR count). The first kappa shape index (κ1) is 15.2. The number of aromatic nitrogens is 3. The zero-order valence-electron chi connectivity index (χ0n) is 10.9. The van der Waals surface area contributed by atoms with Gasteiger partial charge in [0.25, 0.3) is 0 Å². The van der Waals surface area contributed by atoms with Crippen molar-refractivity contribution >= 4 is 23.2 Å². The van der Waals surface area contributed by atoms with Crippen LogP contribution in [-0.2, 0) is 11.3 Å². The number of nitrogens with zero attached hydrogens (tertiary/aromatic N) is 3. The molecule has 0 aromatic carbocycles. The van der Waals surface area contributed by atoms with E-state index in [1.165, 1.54) is 0 Å². The van der Waals surface area contributed by atoms with E-state index in [2.05, 4.69) is 15.5 Å². The standard InChI is InChI=1S/C12H15Cl2N5O/c1-20-5-4-19-12(9(13)7-17-19)11(18-15)8-2-3-10(14)16-6-8/h2-3,6-7,11,18H,4-5,15H2,1H3. The molecule has 2 aromatic heterocycles. The van der Waals surface area contributed by atoms with Gasteiger partial charge >= 0.3 is 0 Å². The normalized spacial score (nSPS) is 12.6. The Morgan fingerprint density at radius 2 is 2.20 bits per heavy atom. The van der Waals surface area contributed by atoms with E-state index < -0.39 is 0 Å². The maximum Gasteiger partial charge on any atom is 0.129 e. The first-order chi connectivity index (χ1) is 9.67. The van der Waals surface area contributed by atoms with Crippen LogP contribution in [0.1, 0.15) is 17.3 Å². The molecule has 2 heterocycles. The highest BCUT2D eigenvalue weighted by atomic mass is 35.5. The van der Waals surface area contributed by atoms with Crippen molar-refractivity contribution in [2.24, 2.45) is 5.84 Å². The summed E-state index contributed by atoms with van der Waals surface area (Å²) in [5.41, 5.74) is 4.33. The zero-order chi connectivity index (χ0) is 14.5. The van der Waals surface area contributed by atoms with Gasteiger partial charge in [0, 0.05) is 13.3 Å². The van der Waals surface area contributed by atoms with Gasteiger partial charge in [-0.25, -0.2) is 10.4 Å². The lowest BCUT2D eigenvalue weighted by atomic mass is 10.1. The molecule has 0 aliphatic carbocycles. The maximum atomic E-state index is 6.21. The van der Waals surface area contributed by atoms with E-state index in [0.29, 0.717) is 23.3 Å². The van der Waals surface area contributed by atoms with E-state index in [1.807, 2.05) is 6.07 Å². The van der Waals surface area contributed by atoms with Gasteiger partial charge in [0.05, 0.1) is 36.1 Å². The summed E-state index contributed by atoms with van der Waals surface area (Å²) in [6.45, 7) is 1.11. The zero-order valence-corrected chi connectivity index (χ0v) is 12.4. The number of hydrazine groups is 1. The summed E-state index contributed by atoms with van der Waals surface area (Å²) in [6, 6.07) is 3.21. The first-order valence-electron chi connectivity index (χ1n) is 5.95. The highest BCUT2D eigenvalue weighted by molar-refractivity contribution is 6.31. The fraction of sp³-hybridized carbons (Fsp3) is 0.333. The fourth-order valence-corrected chi connectivity index (χ4v) is 2.27. The minimum Gasteiger partial charge on any atom is -0.383 e. The second kappa shape index (κ2) is 7.01. The Morgan fingerprint density at radius 3 is 2.80 bits per heavy atom. The number of hydrogen-bond donors (Lipinski definition) is 2. The predicted molar refractivity (Wildman–Crippen MR) is 77.5 cm³/mol. The largest absolute Gasteiger partial charge is 0.383 e. The summed E-state index contributed by atoms with van der Waals surface area (Å²) in [5.74, 6) is 5.66. The average Bonchev–Trinajstić information content (AvgIpc) is 2.81. The van der Waals surface area contributed by atoms with Gasteiger partial charge in [0.2, 0.25) is 0 Å². The van der Waals surface area contributed by atoms with Gasteiger partial charge in [-0.3, -0.25) is 10.5 Å². The molecule has 1 atom stereocenters. The molecule has 0 fully saturated rings. The van der Waals surface area contributed by atoms with Crippen molar-refractivity contribution < 1.29 is 4.74 Å². The van der Waals surface area contributed by atoms with Crippen LogP contribution in [0.5, 0.6) is 0 Å². The Morgan fingerprint density at radius 1 is 1.40 bits per heavy atom. The molecule has 0 saturated carbocycles. The van der Waals surface area contributed by atoms with Gasteiger partial charge in [0.1, 0.15) is 5.15 Å². The average molecular weight is 316 g/mol. The first-order valence-corrected chi connectivity index (χ1v) is 6.70. The summed E-state index contributed by atoms with van der Waals surface area (Å²) in [5, 5.41) is 5.17. The van der Waals surface area contributed by atoms with Crippen molar-refractivity contribution in [3.8, 4) is 0 Å². The van der Waals surface area contributed by atoms with E-state index in [-0.39, 0.29) is 6.04 Å². The third-order valence-corrected chi connectivity index (χ3v) is 3.38. The van der Waals surface area contributed by atoms with Crippen LogP contribution in [0.15, 0.2) is 24.5 Å². The SMILES string of the molecule is COCCn1ncc(Cl)c1C(NN)c1ccc(Cl)nc1. The number of halogens is 2. The summed E-state index contributed by atoms with van der Waals surface area (Å²) < 4.78 is 6.81. The number of nitrogens with one attached hydrogen (secondary N) is 1. The van der Waals surface area contributed by atoms with Crippen molar-refractivity contribution in [3.63, 3.8) is 0 Å². The molecule has 0 amide bonds. The van der Waals surface area contributed by atoms with E-state index in [4.69, 9.17) is 33.8 Å². The minimum atomic E-state index is -0.327.